The Morgan fingerprint density at radius 1 is 0.973 bits per heavy atom. The van der Waals surface area contributed by atoms with E-state index in [2.05, 4.69) is 21.7 Å². The van der Waals surface area contributed by atoms with Gasteiger partial charge >= 0.3 is 0 Å². The zero-order valence-corrected chi connectivity index (χ0v) is 20.6. The molecule has 37 heavy (non-hydrogen) atoms. The monoisotopic (exact) mass is 512 g/mol. The Balaban J connectivity index is 1.28. The lowest BCUT2D eigenvalue weighted by Gasteiger charge is -2.08. The summed E-state index contributed by atoms with van der Waals surface area (Å²) in [5, 5.41) is 16.8. The van der Waals surface area contributed by atoms with Gasteiger partial charge in [0.25, 0.3) is 11.6 Å². The quantitative estimate of drug-likeness (QED) is 0.157. The minimum Gasteiger partial charge on any atom is -0.451 e. The summed E-state index contributed by atoms with van der Waals surface area (Å²) in [6.07, 6.45) is 0. The van der Waals surface area contributed by atoms with Crippen molar-refractivity contribution in [2.24, 2.45) is 0 Å². The molecule has 0 bridgehead atoms. The van der Waals surface area contributed by atoms with Crippen molar-refractivity contribution in [3.05, 3.63) is 99.8 Å². The van der Waals surface area contributed by atoms with E-state index in [1.807, 2.05) is 26.0 Å². The van der Waals surface area contributed by atoms with Crippen molar-refractivity contribution >= 4 is 45.7 Å². The number of thiocarbonyl (C=S) groups is 1. The number of hydrogen-bond acceptors (Lipinski definition) is 7. The average Bonchev–Trinajstić information content (AvgIpc) is 3.51. The first kappa shape index (κ1) is 23.9. The number of nitro benzene ring substituents is 1. The molecule has 2 aromatic heterocycles. The fourth-order valence-electron chi connectivity index (χ4n) is 4.00. The van der Waals surface area contributed by atoms with E-state index in [-0.39, 0.29) is 27.9 Å². The number of rotatable bonds is 5. The summed E-state index contributed by atoms with van der Waals surface area (Å²) in [4.78, 5) is 28.0. The predicted molar refractivity (Wildman–Crippen MR) is 143 cm³/mol. The number of furan rings is 1. The van der Waals surface area contributed by atoms with Gasteiger partial charge < -0.3 is 14.2 Å². The fraction of sp³-hybridized carbons (Fsp3) is 0.0741. The Hall–Kier alpha value is -4.83. The van der Waals surface area contributed by atoms with Crippen molar-refractivity contribution in [2.45, 2.75) is 13.8 Å². The third-order valence-corrected chi connectivity index (χ3v) is 5.74. The van der Waals surface area contributed by atoms with Crippen LogP contribution in [0.4, 0.5) is 11.4 Å². The maximum Gasteiger partial charge on any atom is 0.293 e. The molecular weight excluding hydrogens is 492 g/mol. The molecule has 5 rings (SSSR count). The third-order valence-electron chi connectivity index (χ3n) is 5.54. The van der Waals surface area contributed by atoms with Crippen LogP contribution in [0.15, 0.2) is 81.6 Å². The lowest BCUT2D eigenvalue weighted by atomic mass is 10.1. The zero-order valence-electron chi connectivity index (χ0n) is 19.8. The number of fused-ring (bicyclic) bond motifs is 1. The van der Waals surface area contributed by atoms with Crippen LogP contribution < -0.4 is 10.6 Å². The molecule has 0 fully saturated rings. The Kier molecular flexibility index (Phi) is 6.24. The topological polar surface area (TPSA) is 123 Å². The number of oxazole rings is 1. The first-order chi connectivity index (χ1) is 17.8. The van der Waals surface area contributed by atoms with Crippen molar-refractivity contribution in [3.63, 3.8) is 0 Å². The summed E-state index contributed by atoms with van der Waals surface area (Å²) in [5.41, 5.74) is 5.14. The summed E-state index contributed by atoms with van der Waals surface area (Å²) >= 11 is 5.28. The molecule has 0 saturated carbocycles. The first-order valence-electron chi connectivity index (χ1n) is 11.2. The number of para-hydroxylation sites is 1. The number of carbonyl (C=O) groups excluding carboxylic acids is 1. The van der Waals surface area contributed by atoms with Crippen molar-refractivity contribution in [1.82, 2.24) is 10.3 Å². The fourth-order valence-corrected chi connectivity index (χ4v) is 4.21. The van der Waals surface area contributed by atoms with Gasteiger partial charge in [0.1, 0.15) is 11.3 Å². The van der Waals surface area contributed by atoms with Crippen molar-refractivity contribution in [3.8, 4) is 22.8 Å². The molecule has 0 atom stereocenters. The predicted octanol–water partition coefficient (Wildman–Crippen LogP) is 6.41. The Morgan fingerprint density at radius 3 is 2.49 bits per heavy atom. The SMILES string of the molecule is Cc1cc(C)cc(-c2nc3cc(NC(=S)NC(=O)c4ccc(-c5ccccc5[N+](=O)[O-])o4)ccc3o2)c1. The van der Waals surface area contributed by atoms with Gasteiger partial charge in [0.15, 0.2) is 16.5 Å². The molecule has 0 saturated heterocycles. The Morgan fingerprint density at radius 2 is 1.73 bits per heavy atom. The second-order valence-electron chi connectivity index (χ2n) is 8.42. The van der Waals surface area contributed by atoms with Gasteiger partial charge in [-0.05, 0) is 74.6 Å². The minimum atomic E-state index is -0.595. The summed E-state index contributed by atoms with van der Waals surface area (Å²) < 4.78 is 11.5. The molecule has 3 aromatic carbocycles. The highest BCUT2D eigenvalue weighted by molar-refractivity contribution is 7.80. The second kappa shape index (κ2) is 9.67. The third kappa shape index (κ3) is 5.09. The van der Waals surface area contributed by atoms with E-state index in [0.717, 1.165) is 16.7 Å². The first-order valence-corrected chi connectivity index (χ1v) is 11.6. The van der Waals surface area contributed by atoms with Gasteiger partial charge in [-0.1, -0.05) is 29.3 Å². The number of nitro groups is 1. The van der Waals surface area contributed by atoms with Gasteiger partial charge in [-0.3, -0.25) is 20.2 Å². The van der Waals surface area contributed by atoms with Crippen LogP contribution in [-0.2, 0) is 0 Å². The van der Waals surface area contributed by atoms with Crippen molar-refractivity contribution in [1.29, 1.82) is 0 Å². The number of aryl methyl sites for hydroxylation is 2. The van der Waals surface area contributed by atoms with Gasteiger partial charge in [-0.25, -0.2) is 4.98 Å². The Labute approximate surface area is 216 Å². The van der Waals surface area contributed by atoms with Crippen LogP contribution in [0.1, 0.15) is 21.7 Å². The molecule has 5 aromatic rings. The molecule has 0 radical (unpaired) electrons. The number of nitrogens with zero attached hydrogens (tertiary/aromatic N) is 2. The number of aromatic nitrogens is 1. The summed E-state index contributed by atoms with van der Waals surface area (Å²) in [6.45, 7) is 4.04. The molecule has 2 heterocycles. The molecule has 0 aliphatic rings. The molecule has 0 aliphatic carbocycles. The number of carbonyl (C=O) groups is 1. The molecule has 1 amide bonds. The number of amides is 1. The maximum atomic E-state index is 12.6. The van der Waals surface area contributed by atoms with E-state index in [1.165, 1.54) is 18.2 Å². The second-order valence-corrected chi connectivity index (χ2v) is 8.83. The number of hydrogen-bond donors (Lipinski definition) is 2. The molecule has 2 N–H and O–H groups in total. The number of anilines is 1. The summed E-state index contributed by atoms with van der Waals surface area (Å²) in [6, 6.07) is 20.5. The standard InChI is InChI=1S/C27H20N4O5S/c1-15-11-16(2)13-17(12-15)26-29-20-14-18(7-8-23(20)36-26)28-27(37)30-25(32)24-10-9-22(35-24)19-5-3-4-6-21(19)31(33)34/h3-14H,1-2H3,(H2,28,30,32,37). The van der Waals surface area contributed by atoms with Gasteiger partial charge in [-0.15, -0.1) is 0 Å². The minimum absolute atomic E-state index is 0.0395. The molecule has 0 unspecified atom stereocenters. The lowest BCUT2D eigenvalue weighted by Crippen LogP contribution is -2.33. The van der Waals surface area contributed by atoms with Crippen LogP contribution in [0.2, 0.25) is 0 Å². The van der Waals surface area contributed by atoms with Crippen molar-refractivity contribution in [2.75, 3.05) is 5.32 Å². The highest BCUT2D eigenvalue weighted by Gasteiger charge is 2.20. The number of nitrogens with one attached hydrogen (secondary N) is 2. The van der Waals surface area contributed by atoms with E-state index in [9.17, 15) is 14.9 Å². The zero-order chi connectivity index (χ0) is 26.1. The van der Waals surface area contributed by atoms with Crippen molar-refractivity contribution < 1.29 is 18.6 Å². The average molecular weight is 513 g/mol. The largest absolute Gasteiger partial charge is 0.451 e. The maximum absolute atomic E-state index is 12.6. The van der Waals surface area contributed by atoms with Crippen LogP contribution in [-0.4, -0.2) is 20.9 Å². The van der Waals surface area contributed by atoms with E-state index < -0.39 is 10.8 Å². The van der Waals surface area contributed by atoms with Crippen LogP contribution in [0.3, 0.4) is 0 Å². The molecule has 0 spiro atoms. The molecular formula is C27H20N4O5S. The molecule has 9 nitrogen and oxygen atoms in total. The van der Waals surface area contributed by atoms with Crippen LogP contribution >= 0.6 is 12.2 Å². The number of benzene rings is 3. The van der Waals surface area contributed by atoms with Gasteiger partial charge in [0.05, 0.1) is 10.5 Å². The molecule has 184 valence electrons. The van der Waals surface area contributed by atoms with E-state index in [4.69, 9.17) is 21.1 Å². The van der Waals surface area contributed by atoms with Crippen LogP contribution in [0.25, 0.3) is 33.9 Å². The highest BCUT2D eigenvalue weighted by Crippen LogP contribution is 2.31. The summed E-state index contributed by atoms with van der Waals surface area (Å²) in [7, 11) is 0. The normalized spacial score (nSPS) is 10.9. The van der Waals surface area contributed by atoms with Gasteiger partial charge in [0, 0.05) is 17.3 Å². The summed E-state index contributed by atoms with van der Waals surface area (Å²) in [5.74, 6) is 0.0822. The van der Waals surface area contributed by atoms with Crippen LogP contribution in [0.5, 0.6) is 0 Å². The van der Waals surface area contributed by atoms with E-state index >= 15 is 0 Å². The van der Waals surface area contributed by atoms with E-state index in [1.54, 1.807) is 36.4 Å². The Bertz CT molecular complexity index is 1670. The van der Waals surface area contributed by atoms with E-state index in [0.29, 0.717) is 22.7 Å². The molecule has 0 aliphatic heterocycles. The van der Waals surface area contributed by atoms with Gasteiger partial charge in [0.2, 0.25) is 5.89 Å². The highest BCUT2D eigenvalue weighted by atomic mass is 32.1. The molecule has 10 heteroatoms. The van der Waals surface area contributed by atoms with Crippen LogP contribution in [0, 0.1) is 24.0 Å². The van der Waals surface area contributed by atoms with Gasteiger partial charge in [-0.2, -0.15) is 0 Å². The lowest BCUT2D eigenvalue weighted by molar-refractivity contribution is -0.384. The smallest absolute Gasteiger partial charge is 0.293 e.